The van der Waals surface area contributed by atoms with Crippen LogP contribution < -0.4 is 10.1 Å². The van der Waals surface area contributed by atoms with Crippen LogP contribution in [0, 0.1) is 0 Å². The molecular weight excluding hydrogens is 385 g/mol. The summed E-state index contributed by atoms with van der Waals surface area (Å²) in [6.45, 7) is 1.83. The summed E-state index contributed by atoms with van der Waals surface area (Å²) in [4.78, 5) is 0. The molecule has 3 nitrogen and oxygen atoms in total. The summed E-state index contributed by atoms with van der Waals surface area (Å²) >= 11 is 1.33. The minimum Gasteiger partial charge on any atom is -0.494 e. The normalized spacial score (nSPS) is 16.9. The molecule has 1 aromatic heterocycles. The third-order valence-corrected chi connectivity index (χ3v) is 5.88. The monoisotopic (exact) mass is 406 g/mol. The Morgan fingerprint density at radius 1 is 1.11 bits per heavy atom. The summed E-state index contributed by atoms with van der Waals surface area (Å²) in [6, 6.07) is 11.6. The van der Waals surface area contributed by atoms with E-state index in [9.17, 15) is 13.2 Å². The van der Waals surface area contributed by atoms with E-state index in [1.54, 1.807) is 0 Å². The van der Waals surface area contributed by atoms with Crippen molar-refractivity contribution in [1.29, 1.82) is 0 Å². The van der Waals surface area contributed by atoms with E-state index >= 15 is 0 Å². The number of nitrogens with one attached hydrogen (secondary N) is 1. The van der Waals surface area contributed by atoms with Gasteiger partial charge in [-0.15, -0.1) is 0 Å². The first kappa shape index (κ1) is 19.2. The fraction of sp³-hybridized carbons (Fsp3) is 0.381. The van der Waals surface area contributed by atoms with Crippen molar-refractivity contribution in [3.8, 4) is 17.0 Å². The van der Waals surface area contributed by atoms with Crippen LogP contribution in [0.15, 0.2) is 42.5 Å². The van der Waals surface area contributed by atoms with Crippen molar-refractivity contribution in [1.82, 2.24) is 9.69 Å². The zero-order valence-electron chi connectivity index (χ0n) is 15.3. The average Bonchev–Trinajstić information content (AvgIpc) is 3.05. The standard InChI is InChI=1S/C21H21F3N2OS/c22-21(23,24)15-6-4-14(5-7-15)20-18-9-8-17(13-19(18)28-26-20)27-12-2-1-3-16-10-11-25-16/h4-9,13,16,25H,1-3,10-12H2. The van der Waals surface area contributed by atoms with Crippen LogP contribution in [-0.2, 0) is 6.18 Å². The maximum Gasteiger partial charge on any atom is 0.416 e. The van der Waals surface area contributed by atoms with Crippen LogP contribution in [0.1, 0.15) is 31.2 Å². The number of unbranched alkanes of at least 4 members (excludes halogenated alkanes) is 1. The SMILES string of the molecule is FC(F)(F)c1ccc(-c2nsc3cc(OCCCCC4CCN4)ccc23)cc1. The van der Waals surface area contributed by atoms with Gasteiger partial charge in [-0.2, -0.15) is 17.5 Å². The zero-order chi connectivity index (χ0) is 19.6. The first-order valence-electron chi connectivity index (χ1n) is 9.44. The van der Waals surface area contributed by atoms with Crippen molar-refractivity contribution in [2.45, 2.75) is 37.9 Å². The molecular formula is C21H21F3N2OS. The van der Waals surface area contributed by atoms with Gasteiger partial charge in [-0.1, -0.05) is 12.1 Å². The predicted octanol–water partition coefficient (Wildman–Crippen LogP) is 5.89. The number of hydrogen-bond donors (Lipinski definition) is 1. The molecule has 1 N–H and O–H groups in total. The van der Waals surface area contributed by atoms with Crippen molar-refractivity contribution in [3.63, 3.8) is 0 Å². The lowest BCUT2D eigenvalue weighted by Gasteiger charge is -2.27. The van der Waals surface area contributed by atoms with Crippen molar-refractivity contribution in [2.24, 2.45) is 0 Å². The van der Waals surface area contributed by atoms with Gasteiger partial charge >= 0.3 is 6.18 Å². The molecule has 1 saturated heterocycles. The first-order valence-corrected chi connectivity index (χ1v) is 10.2. The molecule has 148 valence electrons. The Hall–Kier alpha value is -2.12. The average molecular weight is 406 g/mol. The molecule has 28 heavy (non-hydrogen) atoms. The summed E-state index contributed by atoms with van der Waals surface area (Å²) in [5.41, 5.74) is 0.727. The van der Waals surface area contributed by atoms with Crippen LogP contribution in [0.25, 0.3) is 21.3 Å². The summed E-state index contributed by atoms with van der Waals surface area (Å²) in [5, 5.41) is 4.32. The second-order valence-electron chi connectivity index (χ2n) is 7.05. The largest absolute Gasteiger partial charge is 0.494 e. The first-order chi connectivity index (χ1) is 13.5. The lowest BCUT2D eigenvalue weighted by Crippen LogP contribution is -2.42. The highest BCUT2D eigenvalue weighted by atomic mass is 32.1. The van der Waals surface area contributed by atoms with Gasteiger partial charge in [-0.25, -0.2) is 0 Å². The van der Waals surface area contributed by atoms with Gasteiger partial charge in [-0.3, -0.25) is 0 Å². The zero-order valence-corrected chi connectivity index (χ0v) is 16.1. The number of nitrogens with zero attached hydrogens (tertiary/aromatic N) is 1. The van der Waals surface area contributed by atoms with Crippen molar-refractivity contribution in [3.05, 3.63) is 48.0 Å². The minimum atomic E-state index is -4.33. The van der Waals surface area contributed by atoms with E-state index in [0.29, 0.717) is 23.9 Å². The number of aromatic nitrogens is 1. The Kier molecular flexibility index (Phi) is 5.55. The lowest BCUT2D eigenvalue weighted by molar-refractivity contribution is -0.137. The van der Waals surface area contributed by atoms with Gasteiger partial charge in [0, 0.05) is 17.0 Å². The number of halogens is 3. The number of rotatable bonds is 7. The van der Waals surface area contributed by atoms with Crippen LogP contribution in [0.5, 0.6) is 5.75 Å². The molecule has 0 spiro atoms. The van der Waals surface area contributed by atoms with Gasteiger partial charge in [0.1, 0.15) is 5.75 Å². The van der Waals surface area contributed by atoms with Crippen LogP contribution in [0.2, 0.25) is 0 Å². The Bertz CT molecular complexity index is 933. The molecule has 1 atom stereocenters. The van der Waals surface area contributed by atoms with E-state index in [-0.39, 0.29) is 0 Å². The number of hydrogen-bond acceptors (Lipinski definition) is 4. The van der Waals surface area contributed by atoms with Crippen LogP contribution in [0.4, 0.5) is 13.2 Å². The van der Waals surface area contributed by atoms with Crippen molar-refractivity contribution >= 4 is 21.6 Å². The van der Waals surface area contributed by atoms with Crippen molar-refractivity contribution in [2.75, 3.05) is 13.2 Å². The highest BCUT2D eigenvalue weighted by Gasteiger charge is 2.30. The van der Waals surface area contributed by atoms with Gasteiger partial charge in [0.15, 0.2) is 0 Å². The molecule has 0 saturated carbocycles. The second-order valence-corrected chi connectivity index (χ2v) is 7.85. The smallest absolute Gasteiger partial charge is 0.416 e. The van der Waals surface area contributed by atoms with Gasteiger partial charge in [0.25, 0.3) is 0 Å². The van der Waals surface area contributed by atoms with Gasteiger partial charge in [0.05, 0.1) is 22.6 Å². The summed E-state index contributed by atoms with van der Waals surface area (Å²) in [6.07, 6.45) is 0.329. The third-order valence-electron chi connectivity index (χ3n) is 5.07. The maximum atomic E-state index is 12.7. The Morgan fingerprint density at radius 3 is 2.57 bits per heavy atom. The molecule has 2 heterocycles. The molecule has 4 rings (SSSR count). The van der Waals surface area contributed by atoms with E-state index in [4.69, 9.17) is 4.74 Å². The number of fused-ring (bicyclic) bond motifs is 1. The Balaban J connectivity index is 1.39. The third kappa shape index (κ3) is 4.31. The molecule has 3 aromatic rings. The molecule has 1 fully saturated rings. The quantitative estimate of drug-likeness (QED) is 0.497. The van der Waals surface area contributed by atoms with Crippen LogP contribution in [-0.4, -0.2) is 23.6 Å². The Morgan fingerprint density at radius 2 is 1.89 bits per heavy atom. The summed E-state index contributed by atoms with van der Waals surface area (Å²) < 4.78 is 49.5. The van der Waals surface area contributed by atoms with Gasteiger partial charge < -0.3 is 10.1 Å². The highest BCUT2D eigenvalue weighted by molar-refractivity contribution is 7.13. The number of alkyl halides is 3. The molecule has 0 bridgehead atoms. The van der Waals surface area contributed by atoms with Gasteiger partial charge in [0.2, 0.25) is 0 Å². The van der Waals surface area contributed by atoms with E-state index in [2.05, 4.69) is 9.69 Å². The maximum absolute atomic E-state index is 12.7. The second kappa shape index (κ2) is 8.09. The number of benzene rings is 2. The van der Waals surface area contributed by atoms with E-state index in [1.807, 2.05) is 18.2 Å². The topological polar surface area (TPSA) is 34.1 Å². The van der Waals surface area contributed by atoms with Crippen LogP contribution in [0.3, 0.4) is 0 Å². The summed E-state index contributed by atoms with van der Waals surface area (Å²) in [5.74, 6) is 0.803. The van der Waals surface area contributed by atoms with E-state index < -0.39 is 11.7 Å². The van der Waals surface area contributed by atoms with E-state index in [0.717, 1.165) is 47.4 Å². The summed E-state index contributed by atoms with van der Waals surface area (Å²) in [7, 11) is 0. The fourth-order valence-corrected chi connectivity index (χ4v) is 4.14. The van der Waals surface area contributed by atoms with E-state index in [1.165, 1.54) is 36.5 Å². The van der Waals surface area contributed by atoms with Gasteiger partial charge in [-0.05, 0) is 74.1 Å². The molecule has 1 aliphatic rings. The highest BCUT2D eigenvalue weighted by Crippen LogP contribution is 2.35. The van der Waals surface area contributed by atoms with Crippen molar-refractivity contribution < 1.29 is 17.9 Å². The molecule has 7 heteroatoms. The molecule has 1 aliphatic heterocycles. The molecule has 0 amide bonds. The fourth-order valence-electron chi connectivity index (χ4n) is 3.31. The predicted molar refractivity (Wildman–Crippen MR) is 106 cm³/mol. The molecule has 0 aliphatic carbocycles. The van der Waals surface area contributed by atoms with Crippen LogP contribution >= 0.6 is 11.5 Å². The number of ether oxygens (including phenoxy) is 1. The molecule has 1 unspecified atom stereocenters. The molecule has 2 aromatic carbocycles. The molecule has 0 radical (unpaired) electrons. The minimum absolute atomic E-state index is 0.653. The Labute approximate surface area is 165 Å². The lowest BCUT2D eigenvalue weighted by atomic mass is 10.0.